The Morgan fingerprint density at radius 2 is 1.48 bits per heavy atom. The Bertz CT molecular complexity index is 956. The predicted octanol–water partition coefficient (Wildman–Crippen LogP) is 4.99. The molecule has 0 spiro atoms. The summed E-state index contributed by atoms with van der Waals surface area (Å²) in [5.74, 6) is 1.61. The Hall–Kier alpha value is -2.73. The van der Waals surface area contributed by atoms with E-state index in [4.69, 9.17) is 13.8 Å². The van der Waals surface area contributed by atoms with E-state index in [0.717, 1.165) is 5.56 Å². The fourth-order valence-corrected chi connectivity index (χ4v) is 4.51. The first-order valence-electron chi connectivity index (χ1n) is 10.2. The SMILES string of the molecule is CCOP(=O)(C=Cc1ccc(OCCCN2C(=O)c3ccccc3C2=O)cc1)OCC. The summed E-state index contributed by atoms with van der Waals surface area (Å²) in [4.78, 5) is 25.9. The highest BCUT2D eigenvalue weighted by atomic mass is 31.2. The van der Waals surface area contributed by atoms with Crippen LogP contribution in [-0.4, -0.2) is 43.1 Å². The average Bonchev–Trinajstić information content (AvgIpc) is 3.01. The zero-order valence-corrected chi connectivity index (χ0v) is 18.5. The van der Waals surface area contributed by atoms with E-state index in [2.05, 4.69) is 0 Å². The summed E-state index contributed by atoms with van der Waals surface area (Å²) in [6.07, 6.45) is 2.22. The van der Waals surface area contributed by atoms with E-state index < -0.39 is 7.60 Å². The van der Waals surface area contributed by atoms with Crippen LogP contribution in [0.3, 0.4) is 0 Å². The minimum Gasteiger partial charge on any atom is -0.494 e. The fourth-order valence-electron chi connectivity index (χ4n) is 3.19. The van der Waals surface area contributed by atoms with Gasteiger partial charge in [0, 0.05) is 12.4 Å². The molecule has 0 radical (unpaired) electrons. The van der Waals surface area contributed by atoms with Crippen molar-refractivity contribution in [3.05, 3.63) is 71.0 Å². The van der Waals surface area contributed by atoms with E-state index in [1.165, 1.54) is 10.7 Å². The van der Waals surface area contributed by atoms with Crippen molar-refractivity contribution in [1.82, 2.24) is 4.90 Å². The molecule has 2 amide bonds. The lowest BCUT2D eigenvalue weighted by atomic mass is 10.1. The number of ether oxygens (including phenoxy) is 1. The predicted molar refractivity (Wildman–Crippen MR) is 118 cm³/mol. The number of amides is 2. The first kappa shape index (κ1) is 22.9. The molecule has 8 heteroatoms. The standard InChI is InChI=1S/C23H26NO6P/c1-3-29-31(27,30-4-2)17-14-18-10-12-19(13-11-18)28-16-7-15-24-22(25)20-8-5-6-9-21(20)23(24)26/h5-6,8-14,17H,3-4,7,15-16H2,1-2H3. The topological polar surface area (TPSA) is 82.1 Å². The van der Waals surface area contributed by atoms with Gasteiger partial charge in [0.05, 0.1) is 30.9 Å². The van der Waals surface area contributed by atoms with Crippen molar-refractivity contribution in [2.24, 2.45) is 0 Å². The monoisotopic (exact) mass is 443 g/mol. The molecule has 0 aromatic heterocycles. The van der Waals surface area contributed by atoms with E-state index in [0.29, 0.717) is 49.7 Å². The molecule has 2 aromatic rings. The van der Waals surface area contributed by atoms with Gasteiger partial charge in [-0.3, -0.25) is 19.1 Å². The molecular formula is C23H26NO6P. The van der Waals surface area contributed by atoms with Crippen LogP contribution in [0.15, 0.2) is 54.3 Å². The smallest absolute Gasteiger partial charge is 0.354 e. The van der Waals surface area contributed by atoms with Crippen molar-refractivity contribution in [2.45, 2.75) is 20.3 Å². The van der Waals surface area contributed by atoms with Gasteiger partial charge < -0.3 is 13.8 Å². The second-order valence-corrected chi connectivity index (χ2v) is 8.66. The van der Waals surface area contributed by atoms with Gasteiger partial charge in [0.2, 0.25) is 0 Å². The van der Waals surface area contributed by atoms with Gasteiger partial charge in [0.25, 0.3) is 11.8 Å². The summed E-state index contributed by atoms with van der Waals surface area (Å²) >= 11 is 0. The lowest BCUT2D eigenvalue weighted by Gasteiger charge is -2.14. The molecule has 3 rings (SSSR count). The molecule has 0 bridgehead atoms. The second-order valence-electron chi connectivity index (χ2n) is 6.77. The molecule has 31 heavy (non-hydrogen) atoms. The largest absolute Gasteiger partial charge is 0.494 e. The molecule has 0 saturated carbocycles. The minimum absolute atomic E-state index is 0.256. The maximum atomic E-state index is 12.4. The summed E-state index contributed by atoms with van der Waals surface area (Å²) < 4.78 is 28.6. The summed E-state index contributed by atoms with van der Waals surface area (Å²) in [6.45, 7) is 4.80. The van der Waals surface area contributed by atoms with E-state index in [1.807, 2.05) is 12.1 Å². The third-order valence-corrected chi connectivity index (χ3v) is 6.37. The average molecular weight is 443 g/mol. The van der Waals surface area contributed by atoms with Gasteiger partial charge in [-0.25, -0.2) is 0 Å². The van der Waals surface area contributed by atoms with Crippen molar-refractivity contribution in [3.8, 4) is 5.75 Å². The van der Waals surface area contributed by atoms with Gasteiger partial charge in [-0.2, -0.15) is 0 Å². The van der Waals surface area contributed by atoms with Crippen LogP contribution >= 0.6 is 7.60 Å². The molecule has 0 N–H and O–H groups in total. The van der Waals surface area contributed by atoms with Crippen molar-refractivity contribution in [3.63, 3.8) is 0 Å². The Morgan fingerprint density at radius 1 is 0.903 bits per heavy atom. The van der Waals surface area contributed by atoms with Gasteiger partial charge in [0.1, 0.15) is 5.75 Å². The van der Waals surface area contributed by atoms with Crippen LogP contribution in [0.1, 0.15) is 46.5 Å². The Labute approximate surface area is 182 Å². The number of imide groups is 1. The zero-order chi connectivity index (χ0) is 22.3. The van der Waals surface area contributed by atoms with Gasteiger partial charge in [-0.05, 0) is 56.2 Å². The molecule has 1 aliphatic rings. The molecule has 7 nitrogen and oxygen atoms in total. The van der Waals surface area contributed by atoms with Crippen LogP contribution in [0, 0.1) is 0 Å². The third kappa shape index (κ3) is 5.70. The van der Waals surface area contributed by atoms with Gasteiger partial charge in [0.15, 0.2) is 0 Å². The molecule has 0 saturated heterocycles. The normalized spacial score (nSPS) is 13.8. The van der Waals surface area contributed by atoms with E-state index in [1.54, 1.807) is 56.3 Å². The molecule has 0 unspecified atom stereocenters. The summed E-state index contributed by atoms with van der Waals surface area (Å²) in [5.41, 5.74) is 1.74. The van der Waals surface area contributed by atoms with Crippen LogP contribution in [0.25, 0.3) is 6.08 Å². The number of hydrogen-bond donors (Lipinski definition) is 0. The highest BCUT2D eigenvalue weighted by Crippen LogP contribution is 2.50. The number of rotatable bonds is 11. The second kappa shape index (κ2) is 10.5. The number of carbonyl (C=O) groups excluding carboxylic acids is 2. The number of fused-ring (bicyclic) bond motifs is 1. The van der Waals surface area contributed by atoms with Crippen LogP contribution < -0.4 is 4.74 Å². The van der Waals surface area contributed by atoms with Crippen molar-refractivity contribution in [1.29, 1.82) is 0 Å². The summed E-state index contributed by atoms with van der Waals surface area (Å²) in [7, 11) is -3.23. The van der Waals surface area contributed by atoms with Crippen molar-refractivity contribution >= 4 is 25.5 Å². The Morgan fingerprint density at radius 3 is 2.03 bits per heavy atom. The highest BCUT2D eigenvalue weighted by Gasteiger charge is 2.34. The molecule has 0 aliphatic carbocycles. The van der Waals surface area contributed by atoms with E-state index in [-0.39, 0.29) is 11.8 Å². The molecular weight excluding hydrogens is 417 g/mol. The van der Waals surface area contributed by atoms with Gasteiger partial charge in [-0.1, -0.05) is 24.3 Å². The maximum absolute atomic E-state index is 12.4. The Kier molecular flexibility index (Phi) is 7.80. The molecule has 2 aromatic carbocycles. The van der Waals surface area contributed by atoms with Crippen LogP contribution in [-0.2, 0) is 13.6 Å². The van der Waals surface area contributed by atoms with Gasteiger partial charge >= 0.3 is 7.60 Å². The van der Waals surface area contributed by atoms with E-state index in [9.17, 15) is 14.2 Å². The lowest BCUT2D eigenvalue weighted by Crippen LogP contribution is -2.31. The summed E-state index contributed by atoms with van der Waals surface area (Å²) in [5, 5.41) is 0. The summed E-state index contributed by atoms with van der Waals surface area (Å²) in [6, 6.07) is 14.1. The van der Waals surface area contributed by atoms with Crippen LogP contribution in [0.2, 0.25) is 0 Å². The number of nitrogens with zero attached hydrogens (tertiary/aromatic N) is 1. The Balaban J connectivity index is 1.48. The molecule has 1 aliphatic heterocycles. The molecule has 164 valence electrons. The molecule has 1 heterocycles. The van der Waals surface area contributed by atoms with Crippen LogP contribution in [0.5, 0.6) is 5.75 Å². The number of carbonyl (C=O) groups is 2. The minimum atomic E-state index is -3.23. The first-order valence-corrected chi connectivity index (χ1v) is 11.8. The fraction of sp³-hybridized carbons (Fsp3) is 0.304. The quantitative estimate of drug-likeness (QED) is 0.277. The number of hydrogen-bond acceptors (Lipinski definition) is 6. The maximum Gasteiger partial charge on any atom is 0.354 e. The zero-order valence-electron chi connectivity index (χ0n) is 17.7. The van der Waals surface area contributed by atoms with E-state index >= 15 is 0 Å². The number of benzene rings is 2. The highest BCUT2D eigenvalue weighted by molar-refractivity contribution is 7.57. The first-order chi connectivity index (χ1) is 15.0. The third-order valence-electron chi connectivity index (χ3n) is 4.62. The van der Waals surface area contributed by atoms with Crippen LogP contribution in [0.4, 0.5) is 0 Å². The lowest BCUT2D eigenvalue weighted by molar-refractivity contribution is 0.0646. The van der Waals surface area contributed by atoms with Gasteiger partial charge in [-0.15, -0.1) is 0 Å². The molecule has 0 fully saturated rings. The molecule has 0 atom stereocenters. The van der Waals surface area contributed by atoms with Crippen molar-refractivity contribution < 1.29 is 27.9 Å². The van der Waals surface area contributed by atoms with Crippen molar-refractivity contribution in [2.75, 3.05) is 26.4 Å².